The van der Waals surface area contributed by atoms with Crippen LogP contribution in [0.1, 0.15) is 12.6 Å². The van der Waals surface area contributed by atoms with E-state index in [1.165, 1.54) is 6.08 Å². The molecule has 0 aromatic carbocycles. The standard InChI is InChI=1S/C12H20N3O14P3/c1-2-5-25-11(13)10-7(6-9(26-10)15-4-3-8(16)14-12(15)17)27-31(21,22)29-32(23,24)28-30(18,19)20/h2-4,7,9-11H,1,5-6,13H2,(H,21,22)(H,23,24)(H,14,16,17)(H2,18,19,20)/t7-,9+,10-,11?/m0/s1. The van der Waals surface area contributed by atoms with Crippen LogP contribution >= 0.6 is 23.5 Å². The highest BCUT2D eigenvalue weighted by Gasteiger charge is 2.48. The van der Waals surface area contributed by atoms with Gasteiger partial charge in [0.2, 0.25) is 0 Å². The molecule has 1 saturated heterocycles. The number of nitrogens with two attached hydrogens (primary N) is 1. The highest BCUT2D eigenvalue weighted by molar-refractivity contribution is 7.66. The first-order chi connectivity index (χ1) is 14.6. The van der Waals surface area contributed by atoms with Gasteiger partial charge in [0.05, 0.1) is 6.61 Å². The predicted molar refractivity (Wildman–Crippen MR) is 103 cm³/mol. The Morgan fingerprint density at radius 3 is 2.47 bits per heavy atom. The molecule has 17 nitrogen and oxygen atoms in total. The van der Waals surface area contributed by atoms with Crippen LogP contribution in [-0.2, 0) is 36.3 Å². The van der Waals surface area contributed by atoms with Gasteiger partial charge < -0.3 is 34.8 Å². The second-order valence-electron chi connectivity index (χ2n) is 6.13. The minimum atomic E-state index is -5.75. The number of aromatic amines is 1. The first kappa shape index (κ1) is 27.0. The zero-order valence-corrected chi connectivity index (χ0v) is 18.6. The van der Waals surface area contributed by atoms with Crippen LogP contribution < -0.4 is 17.0 Å². The molecular formula is C12H20N3O14P3. The average Bonchev–Trinajstić information content (AvgIpc) is 2.98. The molecule has 0 bridgehead atoms. The Morgan fingerprint density at radius 1 is 1.25 bits per heavy atom. The van der Waals surface area contributed by atoms with Gasteiger partial charge in [0.25, 0.3) is 5.56 Å². The summed E-state index contributed by atoms with van der Waals surface area (Å²) in [6, 6.07) is 1.00. The van der Waals surface area contributed by atoms with E-state index in [9.17, 15) is 33.1 Å². The fraction of sp³-hybridized carbons (Fsp3) is 0.500. The van der Waals surface area contributed by atoms with E-state index in [0.29, 0.717) is 0 Å². The Kier molecular flexibility index (Phi) is 8.70. The third kappa shape index (κ3) is 7.93. The summed E-state index contributed by atoms with van der Waals surface area (Å²) in [6.45, 7) is 3.34. The number of rotatable bonds is 11. The summed E-state index contributed by atoms with van der Waals surface area (Å²) >= 11 is 0. The van der Waals surface area contributed by atoms with Crippen LogP contribution in [0.5, 0.6) is 0 Å². The van der Waals surface area contributed by atoms with E-state index < -0.39 is 59.4 Å². The molecular weight excluding hydrogens is 503 g/mol. The third-order valence-electron chi connectivity index (χ3n) is 3.69. The molecule has 6 atom stereocenters. The molecule has 2 rings (SSSR count). The van der Waals surface area contributed by atoms with Gasteiger partial charge in [-0.1, -0.05) is 6.08 Å². The first-order valence-corrected chi connectivity index (χ1v) is 12.9. The molecule has 7 N–H and O–H groups in total. The van der Waals surface area contributed by atoms with Crippen LogP contribution in [0, 0.1) is 0 Å². The van der Waals surface area contributed by atoms with Crippen LogP contribution in [0.2, 0.25) is 0 Å². The van der Waals surface area contributed by atoms with E-state index >= 15 is 0 Å². The lowest BCUT2D eigenvalue weighted by molar-refractivity contribution is -0.0990. The highest BCUT2D eigenvalue weighted by atomic mass is 31.3. The van der Waals surface area contributed by atoms with E-state index in [1.54, 1.807) is 0 Å². The van der Waals surface area contributed by atoms with Crippen molar-refractivity contribution in [1.82, 2.24) is 9.55 Å². The normalized spacial score (nSPS) is 26.2. The van der Waals surface area contributed by atoms with Crippen molar-refractivity contribution in [3.63, 3.8) is 0 Å². The van der Waals surface area contributed by atoms with Crippen molar-refractivity contribution in [3.8, 4) is 0 Å². The summed E-state index contributed by atoms with van der Waals surface area (Å²) in [5.41, 5.74) is 4.24. The first-order valence-electron chi connectivity index (χ1n) is 8.40. The monoisotopic (exact) mass is 523 g/mol. The molecule has 3 unspecified atom stereocenters. The Hall–Kier alpha value is -1.29. The van der Waals surface area contributed by atoms with Crippen molar-refractivity contribution in [2.75, 3.05) is 6.61 Å². The van der Waals surface area contributed by atoms with Gasteiger partial charge in [-0.3, -0.25) is 18.9 Å². The number of hydrogen-bond donors (Lipinski definition) is 6. The summed E-state index contributed by atoms with van der Waals surface area (Å²) in [7, 11) is -16.9. The largest absolute Gasteiger partial charge is 0.490 e. The molecule has 1 fully saturated rings. The second-order valence-corrected chi connectivity index (χ2v) is 10.5. The Labute approximate surface area is 178 Å². The van der Waals surface area contributed by atoms with E-state index in [-0.39, 0.29) is 13.0 Å². The molecule has 0 aliphatic carbocycles. The van der Waals surface area contributed by atoms with Crippen LogP contribution in [0.4, 0.5) is 0 Å². The molecule has 1 aromatic rings. The second kappa shape index (κ2) is 10.3. The quantitative estimate of drug-likeness (QED) is 0.116. The number of phosphoric ester groups is 1. The van der Waals surface area contributed by atoms with Crippen LogP contribution in [0.15, 0.2) is 34.5 Å². The van der Waals surface area contributed by atoms with Gasteiger partial charge in [0, 0.05) is 18.7 Å². The van der Waals surface area contributed by atoms with Crippen molar-refractivity contribution in [1.29, 1.82) is 0 Å². The van der Waals surface area contributed by atoms with E-state index in [2.05, 4.69) is 15.2 Å². The summed E-state index contributed by atoms with van der Waals surface area (Å²) in [4.78, 5) is 61.5. The molecule has 20 heteroatoms. The van der Waals surface area contributed by atoms with Crippen molar-refractivity contribution in [3.05, 3.63) is 45.8 Å². The number of H-pyrrole nitrogens is 1. The Bertz CT molecular complexity index is 1080. The number of aromatic nitrogens is 2. The maximum absolute atomic E-state index is 12.2. The third-order valence-corrected chi connectivity index (χ3v) is 7.56. The number of phosphoric acid groups is 3. The van der Waals surface area contributed by atoms with Gasteiger partial charge in [-0.25, -0.2) is 18.5 Å². The molecule has 0 saturated carbocycles. The van der Waals surface area contributed by atoms with E-state index in [1.807, 2.05) is 4.98 Å². The zero-order valence-electron chi connectivity index (χ0n) is 15.9. The summed E-state index contributed by atoms with van der Waals surface area (Å²) in [5, 5.41) is 0. The van der Waals surface area contributed by atoms with Crippen molar-refractivity contribution in [2.24, 2.45) is 5.73 Å². The van der Waals surface area contributed by atoms with Crippen molar-refractivity contribution < 1.29 is 55.9 Å². The lowest BCUT2D eigenvalue weighted by atomic mass is 10.1. The molecule has 2 heterocycles. The number of hydrogen-bond acceptors (Lipinski definition) is 11. The number of ether oxygens (including phenoxy) is 2. The minimum Gasteiger partial charge on any atom is -0.357 e. The molecule has 32 heavy (non-hydrogen) atoms. The summed E-state index contributed by atoms with van der Waals surface area (Å²) < 4.78 is 58.2. The van der Waals surface area contributed by atoms with E-state index in [0.717, 1.165) is 16.8 Å². The SMILES string of the molecule is C=CCOC(N)[C@H]1O[C@@H](n2ccc(=O)[nH]c2=O)C[C@@H]1OP(=O)(O)OP(=O)(O)OP(=O)(O)O. The van der Waals surface area contributed by atoms with Crippen molar-refractivity contribution in [2.45, 2.75) is 31.1 Å². The van der Waals surface area contributed by atoms with Crippen LogP contribution in [0.25, 0.3) is 0 Å². The molecule has 1 aromatic heterocycles. The summed E-state index contributed by atoms with van der Waals surface area (Å²) in [6.07, 6.45) is -3.35. The van der Waals surface area contributed by atoms with Gasteiger partial charge in [-0.15, -0.1) is 6.58 Å². The van der Waals surface area contributed by atoms with Gasteiger partial charge in [0.1, 0.15) is 24.7 Å². The minimum absolute atomic E-state index is 0.0771. The van der Waals surface area contributed by atoms with Crippen LogP contribution in [0.3, 0.4) is 0 Å². The lowest BCUT2D eigenvalue weighted by Crippen LogP contribution is -2.44. The highest BCUT2D eigenvalue weighted by Crippen LogP contribution is 2.67. The van der Waals surface area contributed by atoms with Crippen LogP contribution in [-0.4, -0.2) is 54.2 Å². The number of nitrogens with zero attached hydrogens (tertiary/aromatic N) is 1. The Balaban J connectivity index is 2.26. The predicted octanol–water partition coefficient (Wildman–Crippen LogP) is -0.977. The zero-order chi connectivity index (χ0) is 24.3. The molecule has 1 aliphatic rings. The Morgan fingerprint density at radius 2 is 1.91 bits per heavy atom. The topological polar surface area (TPSA) is 259 Å². The maximum atomic E-state index is 12.2. The molecule has 0 amide bonds. The molecule has 182 valence electrons. The fourth-order valence-electron chi connectivity index (χ4n) is 2.63. The lowest BCUT2D eigenvalue weighted by Gasteiger charge is -2.25. The molecule has 0 spiro atoms. The molecule has 1 aliphatic heterocycles. The van der Waals surface area contributed by atoms with Gasteiger partial charge in [-0.05, 0) is 0 Å². The fourth-order valence-corrected chi connectivity index (χ4v) is 5.83. The van der Waals surface area contributed by atoms with Crippen molar-refractivity contribution >= 4 is 23.5 Å². The summed E-state index contributed by atoms with van der Waals surface area (Å²) in [5.74, 6) is 0. The van der Waals surface area contributed by atoms with Gasteiger partial charge >= 0.3 is 29.2 Å². The van der Waals surface area contributed by atoms with Gasteiger partial charge in [-0.2, -0.15) is 8.62 Å². The maximum Gasteiger partial charge on any atom is 0.490 e. The van der Waals surface area contributed by atoms with Gasteiger partial charge in [0.15, 0.2) is 0 Å². The molecule has 0 radical (unpaired) electrons. The smallest absolute Gasteiger partial charge is 0.357 e. The van der Waals surface area contributed by atoms with E-state index in [4.69, 9.17) is 29.5 Å². The number of nitrogens with one attached hydrogen (secondary N) is 1. The average molecular weight is 523 g/mol.